The first-order chi connectivity index (χ1) is 16.2. The highest BCUT2D eigenvalue weighted by molar-refractivity contribution is 6.46. The number of carbonyl (C=O) groups is 2. The monoisotopic (exact) mass is 470 g/mol. The number of hydrogen-bond acceptors (Lipinski definition) is 8. The second-order valence-electron chi connectivity index (χ2n) is 8.02. The maximum Gasteiger partial charge on any atom is 0.295 e. The van der Waals surface area contributed by atoms with E-state index in [1.807, 2.05) is 19.0 Å². The third-order valence-corrected chi connectivity index (χ3v) is 5.59. The molecule has 9 heteroatoms. The first kappa shape index (κ1) is 24.9. The minimum Gasteiger partial charge on any atom is -0.507 e. The Labute approximate surface area is 198 Å². The van der Waals surface area contributed by atoms with Crippen LogP contribution in [0.25, 0.3) is 5.76 Å². The highest BCUT2D eigenvalue weighted by Crippen LogP contribution is 2.43. The highest BCUT2D eigenvalue weighted by Gasteiger charge is 2.46. The van der Waals surface area contributed by atoms with Gasteiger partial charge in [-0.1, -0.05) is 6.07 Å². The number of carbonyl (C=O) groups excluding carboxylic acids is 2. The van der Waals surface area contributed by atoms with Crippen molar-refractivity contribution in [2.45, 2.75) is 13.0 Å². The molecule has 34 heavy (non-hydrogen) atoms. The van der Waals surface area contributed by atoms with Crippen LogP contribution in [0.3, 0.4) is 0 Å². The Morgan fingerprint density at radius 1 is 1.06 bits per heavy atom. The smallest absolute Gasteiger partial charge is 0.295 e. The van der Waals surface area contributed by atoms with Gasteiger partial charge in [-0.15, -0.1) is 0 Å². The van der Waals surface area contributed by atoms with Crippen LogP contribution in [0.1, 0.15) is 24.1 Å². The Balaban J connectivity index is 2.24. The molecule has 2 aromatic carbocycles. The second-order valence-corrected chi connectivity index (χ2v) is 8.02. The quantitative estimate of drug-likeness (QED) is 0.327. The first-order valence-electron chi connectivity index (χ1n) is 10.8. The highest BCUT2D eigenvalue weighted by atomic mass is 16.5. The molecule has 0 spiro atoms. The number of rotatable bonds is 9. The van der Waals surface area contributed by atoms with Gasteiger partial charge in [-0.2, -0.15) is 0 Å². The fraction of sp³-hybridized carbons (Fsp3) is 0.360. The van der Waals surface area contributed by atoms with E-state index in [-0.39, 0.29) is 34.9 Å². The number of ether oxygens (including phenoxy) is 3. The van der Waals surface area contributed by atoms with Crippen LogP contribution >= 0.6 is 0 Å². The Hall–Kier alpha value is -3.72. The van der Waals surface area contributed by atoms with E-state index in [0.29, 0.717) is 30.2 Å². The molecule has 1 atom stereocenters. The van der Waals surface area contributed by atoms with Crippen molar-refractivity contribution in [3.8, 4) is 23.0 Å². The summed E-state index contributed by atoms with van der Waals surface area (Å²) in [5.74, 6) is -0.986. The number of likely N-dealkylation sites (N-methyl/N-ethyl adjacent to an activating group) is 1. The van der Waals surface area contributed by atoms with Crippen LogP contribution in [-0.4, -0.2) is 79.7 Å². The van der Waals surface area contributed by atoms with Gasteiger partial charge in [0.05, 0.1) is 38.0 Å². The van der Waals surface area contributed by atoms with Crippen molar-refractivity contribution < 1.29 is 34.0 Å². The van der Waals surface area contributed by atoms with Gasteiger partial charge in [0.25, 0.3) is 11.7 Å². The Morgan fingerprint density at radius 3 is 2.41 bits per heavy atom. The molecule has 1 amide bonds. The van der Waals surface area contributed by atoms with Crippen LogP contribution in [0.15, 0.2) is 42.0 Å². The lowest BCUT2D eigenvalue weighted by Crippen LogP contribution is -2.35. The number of phenols is 1. The van der Waals surface area contributed by atoms with Gasteiger partial charge in [-0.3, -0.25) is 9.59 Å². The number of nitrogens with zero attached hydrogens (tertiary/aromatic N) is 2. The van der Waals surface area contributed by atoms with Crippen molar-refractivity contribution in [2.75, 3.05) is 48.0 Å². The predicted molar refractivity (Wildman–Crippen MR) is 126 cm³/mol. The largest absolute Gasteiger partial charge is 0.507 e. The molecule has 1 heterocycles. The lowest BCUT2D eigenvalue weighted by Gasteiger charge is -2.27. The molecule has 1 fully saturated rings. The van der Waals surface area contributed by atoms with Crippen molar-refractivity contribution in [3.05, 3.63) is 53.1 Å². The number of likely N-dealkylation sites (tertiary alicyclic amines) is 1. The number of Topliss-reactive ketones (excluding diaryl/α,β-unsaturated/α-hetero) is 1. The van der Waals surface area contributed by atoms with Crippen LogP contribution in [0, 0.1) is 0 Å². The summed E-state index contributed by atoms with van der Waals surface area (Å²) < 4.78 is 16.2. The molecule has 182 valence electrons. The molecule has 9 nitrogen and oxygen atoms in total. The van der Waals surface area contributed by atoms with Gasteiger partial charge in [0, 0.05) is 13.1 Å². The molecule has 2 N–H and O–H groups in total. The molecule has 0 aliphatic carbocycles. The number of ketones is 1. The molecule has 1 aliphatic heterocycles. The molecule has 0 bridgehead atoms. The SMILES string of the molecule is CCOc1cc(C2/C(=C(\O)c3cc(OC)ccc3OC)C(=O)C(=O)N2CCN(C)C)ccc1O. The van der Waals surface area contributed by atoms with Crippen LogP contribution < -0.4 is 14.2 Å². The summed E-state index contributed by atoms with van der Waals surface area (Å²) in [6.07, 6.45) is 0. The van der Waals surface area contributed by atoms with Gasteiger partial charge in [0.2, 0.25) is 0 Å². The molecule has 1 aliphatic rings. The van der Waals surface area contributed by atoms with E-state index in [0.717, 1.165) is 0 Å². The summed E-state index contributed by atoms with van der Waals surface area (Å²) in [7, 11) is 6.65. The van der Waals surface area contributed by atoms with Gasteiger partial charge in [0.15, 0.2) is 11.5 Å². The average molecular weight is 471 g/mol. The number of hydrogen-bond donors (Lipinski definition) is 2. The molecule has 1 unspecified atom stereocenters. The Kier molecular flexibility index (Phi) is 7.68. The van der Waals surface area contributed by atoms with Crippen molar-refractivity contribution in [2.24, 2.45) is 0 Å². The minimum atomic E-state index is -0.893. The summed E-state index contributed by atoms with van der Waals surface area (Å²) in [4.78, 5) is 29.6. The van der Waals surface area contributed by atoms with Crippen LogP contribution in [0.4, 0.5) is 0 Å². The molecule has 0 radical (unpaired) electrons. The summed E-state index contributed by atoms with van der Waals surface area (Å²) >= 11 is 0. The van der Waals surface area contributed by atoms with Crippen molar-refractivity contribution in [1.82, 2.24) is 9.80 Å². The van der Waals surface area contributed by atoms with E-state index in [4.69, 9.17) is 14.2 Å². The van der Waals surface area contributed by atoms with Crippen LogP contribution in [0.5, 0.6) is 23.0 Å². The second kappa shape index (κ2) is 10.5. The molecule has 1 saturated heterocycles. The topological polar surface area (TPSA) is 109 Å². The van der Waals surface area contributed by atoms with E-state index in [9.17, 15) is 19.8 Å². The average Bonchev–Trinajstić information content (AvgIpc) is 3.08. The number of aliphatic hydroxyl groups excluding tert-OH is 1. The summed E-state index contributed by atoms with van der Waals surface area (Å²) in [6, 6.07) is 8.55. The van der Waals surface area contributed by atoms with Crippen molar-refractivity contribution >= 4 is 17.4 Å². The van der Waals surface area contributed by atoms with Crippen LogP contribution in [0.2, 0.25) is 0 Å². The Morgan fingerprint density at radius 2 is 1.79 bits per heavy atom. The standard InChI is InChI=1S/C25H30N2O7/c1-6-34-20-13-15(7-9-18(20)28)22-21(24(30)25(31)27(22)12-11-26(2)3)23(29)17-14-16(32-4)8-10-19(17)33-5/h7-10,13-14,22,28-29H,6,11-12H2,1-5H3/b23-21+. The number of aliphatic hydroxyl groups is 1. The Bertz CT molecular complexity index is 1110. The molecule has 2 aromatic rings. The maximum atomic E-state index is 13.2. The third kappa shape index (κ3) is 4.79. The summed E-state index contributed by atoms with van der Waals surface area (Å²) in [5.41, 5.74) is 0.660. The van der Waals surface area contributed by atoms with Gasteiger partial charge < -0.3 is 34.2 Å². The van der Waals surface area contributed by atoms with E-state index in [1.54, 1.807) is 37.3 Å². The number of aromatic hydroxyl groups is 1. The zero-order valence-corrected chi connectivity index (χ0v) is 20.0. The van der Waals surface area contributed by atoms with E-state index in [1.165, 1.54) is 25.2 Å². The lowest BCUT2D eigenvalue weighted by atomic mass is 9.94. The van der Waals surface area contributed by atoms with Crippen LogP contribution in [-0.2, 0) is 9.59 Å². The maximum absolute atomic E-state index is 13.2. The number of amides is 1. The zero-order valence-electron chi connectivity index (χ0n) is 20.0. The fourth-order valence-corrected chi connectivity index (χ4v) is 3.88. The molecular formula is C25H30N2O7. The van der Waals surface area contributed by atoms with Gasteiger partial charge >= 0.3 is 0 Å². The molecule has 0 saturated carbocycles. The van der Waals surface area contributed by atoms with Gasteiger partial charge in [-0.25, -0.2) is 0 Å². The number of phenolic OH excluding ortho intramolecular Hbond substituents is 1. The van der Waals surface area contributed by atoms with Gasteiger partial charge in [0.1, 0.15) is 17.3 Å². The van der Waals surface area contributed by atoms with E-state index in [2.05, 4.69) is 0 Å². The molecular weight excluding hydrogens is 440 g/mol. The predicted octanol–water partition coefficient (Wildman–Crippen LogP) is 2.79. The van der Waals surface area contributed by atoms with Crippen molar-refractivity contribution in [1.29, 1.82) is 0 Å². The third-order valence-electron chi connectivity index (χ3n) is 5.59. The lowest BCUT2D eigenvalue weighted by molar-refractivity contribution is -0.140. The summed E-state index contributed by atoms with van der Waals surface area (Å²) in [5, 5.41) is 21.5. The molecule has 0 aromatic heterocycles. The minimum absolute atomic E-state index is 0.0645. The van der Waals surface area contributed by atoms with Crippen molar-refractivity contribution in [3.63, 3.8) is 0 Å². The van der Waals surface area contributed by atoms with Gasteiger partial charge in [-0.05, 0) is 56.9 Å². The van der Waals surface area contributed by atoms with E-state index < -0.39 is 17.7 Å². The fourth-order valence-electron chi connectivity index (χ4n) is 3.88. The molecule has 3 rings (SSSR count). The first-order valence-corrected chi connectivity index (χ1v) is 10.8. The zero-order chi connectivity index (χ0) is 25.0. The van der Waals surface area contributed by atoms with E-state index >= 15 is 0 Å². The number of methoxy groups -OCH3 is 2. The number of benzene rings is 2. The summed E-state index contributed by atoms with van der Waals surface area (Å²) in [6.45, 7) is 2.85. The normalized spacial score (nSPS) is 17.4.